The molecule has 0 aliphatic heterocycles. The largest absolute Gasteiger partial charge is 0.386 e. The molecular formula is C9H9NO4. The molecule has 0 bridgehead atoms. The van der Waals surface area contributed by atoms with Gasteiger partial charge in [0.15, 0.2) is 0 Å². The van der Waals surface area contributed by atoms with Crippen LogP contribution >= 0.6 is 0 Å². The number of hydrogen-bond acceptors (Lipinski definition) is 5. The topological polar surface area (TPSA) is 65.5 Å². The van der Waals surface area contributed by atoms with Crippen LogP contribution in [0, 0.1) is 0 Å². The molecule has 5 nitrogen and oxygen atoms in total. The summed E-state index contributed by atoms with van der Waals surface area (Å²) in [4.78, 5) is 34.0. The summed E-state index contributed by atoms with van der Waals surface area (Å²) in [5, 5.41) is 0. The van der Waals surface area contributed by atoms with Crippen LogP contribution in [-0.4, -0.2) is 16.9 Å². The Hall–Kier alpha value is -1.91. The lowest BCUT2D eigenvalue weighted by Gasteiger charge is -2.00. The first-order chi connectivity index (χ1) is 6.74. The molecule has 0 saturated carbocycles. The van der Waals surface area contributed by atoms with E-state index < -0.39 is 11.9 Å². The van der Waals surface area contributed by atoms with Gasteiger partial charge in [-0.25, -0.2) is 19.4 Å². The second-order valence-electron chi connectivity index (χ2n) is 2.42. The molecule has 0 N–H and O–H groups in total. The van der Waals surface area contributed by atoms with Gasteiger partial charge in [0.05, 0.1) is 5.56 Å². The van der Waals surface area contributed by atoms with Gasteiger partial charge in [-0.05, 0) is 12.1 Å². The number of aromatic nitrogens is 1. The maximum Gasteiger partial charge on any atom is 0.386 e. The Balaban J connectivity index is 2.48. The van der Waals surface area contributed by atoms with Crippen molar-refractivity contribution in [2.24, 2.45) is 0 Å². The number of nitrogens with zero attached hydrogens (tertiary/aromatic N) is 1. The molecule has 0 fully saturated rings. The van der Waals surface area contributed by atoms with E-state index in [0.717, 1.165) is 0 Å². The lowest BCUT2D eigenvalue weighted by molar-refractivity contribution is -0.233. The van der Waals surface area contributed by atoms with E-state index >= 15 is 0 Å². The number of rotatable bonds is 2. The van der Waals surface area contributed by atoms with Crippen LogP contribution in [0.4, 0.5) is 0 Å². The zero-order valence-corrected chi connectivity index (χ0v) is 7.60. The molecule has 0 aliphatic rings. The summed E-state index contributed by atoms with van der Waals surface area (Å²) in [5.41, 5.74) is 0.281. The van der Waals surface area contributed by atoms with Crippen LogP contribution in [0.15, 0.2) is 24.5 Å². The van der Waals surface area contributed by atoms with Gasteiger partial charge in [0.2, 0.25) is 0 Å². The fourth-order valence-corrected chi connectivity index (χ4v) is 0.679. The molecule has 5 heteroatoms. The van der Waals surface area contributed by atoms with Gasteiger partial charge in [-0.2, -0.15) is 0 Å². The van der Waals surface area contributed by atoms with Gasteiger partial charge in [-0.3, -0.25) is 4.98 Å². The van der Waals surface area contributed by atoms with E-state index in [4.69, 9.17) is 0 Å². The third-order valence-corrected chi connectivity index (χ3v) is 1.41. The molecule has 0 aliphatic carbocycles. The minimum absolute atomic E-state index is 0.156. The van der Waals surface area contributed by atoms with Crippen LogP contribution in [0.3, 0.4) is 0 Å². The Kier molecular flexibility index (Phi) is 3.60. The van der Waals surface area contributed by atoms with Crippen molar-refractivity contribution in [1.82, 2.24) is 4.98 Å². The zero-order valence-electron chi connectivity index (χ0n) is 7.60. The standard InChI is InChI=1S/C9H9NO4/c1-2-8(11)13-14-9(12)7-3-5-10-6-4-7/h3-6H,2H2,1H3. The molecule has 1 aromatic rings. The fourth-order valence-electron chi connectivity index (χ4n) is 0.679. The highest BCUT2D eigenvalue weighted by atomic mass is 17.2. The number of carbonyl (C=O) groups is 2. The van der Waals surface area contributed by atoms with Gasteiger partial charge in [0, 0.05) is 18.8 Å². The molecule has 0 spiro atoms. The Morgan fingerprint density at radius 3 is 2.50 bits per heavy atom. The van der Waals surface area contributed by atoms with Crippen LogP contribution in [0.2, 0.25) is 0 Å². The Morgan fingerprint density at radius 2 is 1.93 bits per heavy atom. The van der Waals surface area contributed by atoms with Crippen molar-refractivity contribution in [2.75, 3.05) is 0 Å². The van der Waals surface area contributed by atoms with Crippen LogP contribution in [0.5, 0.6) is 0 Å². The van der Waals surface area contributed by atoms with Crippen molar-refractivity contribution in [3.63, 3.8) is 0 Å². The lowest BCUT2D eigenvalue weighted by Crippen LogP contribution is -2.10. The molecule has 1 aromatic heterocycles. The Morgan fingerprint density at radius 1 is 1.29 bits per heavy atom. The van der Waals surface area contributed by atoms with E-state index in [9.17, 15) is 9.59 Å². The molecule has 74 valence electrons. The van der Waals surface area contributed by atoms with Gasteiger partial charge in [-0.15, -0.1) is 0 Å². The molecule has 0 saturated heterocycles. The van der Waals surface area contributed by atoms with Crippen molar-refractivity contribution in [3.8, 4) is 0 Å². The smallest absolute Gasteiger partial charge is 0.265 e. The Bertz CT molecular complexity index is 323. The first-order valence-electron chi connectivity index (χ1n) is 4.05. The summed E-state index contributed by atoms with van der Waals surface area (Å²) in [6.07, 6.45) is 3.04. The lowest BCUT2D eigenvalue weighted by atomic mass is 10.3. The van der Waals surface area contributed by atoms with Gasteiger partial charge in [0.25, 0.3) is 0 Å². The molecule has 14 heavy (non-hydrogen) atoms. The van der Waals surface area contributed by atoms with Crippen molar-refractivity contribution in [2.45, 2.75) is 13.3 Å². The van der Waals surface area contributed by atoms with Crippen LogP contribution in [0.25, 0.3) is 0 Å². The van der Waals surface area contributed by atoms with Gasteiger partial charge < -0.3 is 0 Å². The highest BCUT2D eigenvalue weighted by molar-refractivity contribution is 5.89. The second kappa shape index (κ2) is 4.96. The predicted molar refractivity (Wildman–Crippen MR) is 46.0 cm³/mol. The monoisotopic (exact) mass is 195 g/mol. The van der Waals surface area contributed by atoms with Crippen LogP contribution in [-0.2, 0) is 14.6 Å². The number of hydrogen-bond donors (Lipinski definition) is 0. The summed E-state index contributed by atoms with van der Waals surface area (Å²) < 4.78 is 0. The zero-order chi connectivity index (χ0) is 10.4. The van der Waals surface area contributed by atoms with Gasteiger partial charge >= 0.3 is 11.9 Å². The molecular weight excluding hydrogens is 186 g/mol. The molecule has 0 aromatic carbocycles. The van der Waals surface area contributed by atoms with Gasteiger partial charge in [0.1, 0.15) is 0 Å². The molecule has 0 radical (unpaired) electrons. The number of pyridine rings is 1. The normalized spacial score (nSPS) is 9.21. The Labute approximate surface area is 80.6 Å². The first kappa shape index (κ1) is 10.2. The average molecular weight is 195 g/mol. The molecule has 1 heterocycles. The summed E-state index contributed by atoms with van der Waals surface area (Å²) in [5.74, 6) is -1.30. The fraction of sp³-hybridized carbons (Fsp3) is 0.222. The van der Waals surface area contributed by atoms with Crippen molar-refractivity contribution in [3.05, 3.63) is 30.1 Å². The minimum atomic E-state index is -0.714. The van der Waals surface area contributed by atoms with E-state index in [0.29, 0.717) is 0 Å². The first-order valence-corrected chi connectivity index (χ1v) is 4.05. The van der Waals surface area contributed by atoms with Crippen molar-refractivity contribution < 1.29 is 19.4 Å². The molecule has 1 rings (SSSR count). The molecule has 0 amide bonds. The SMILES string of the molecule is CCC(=O)OOC(=O)c1ccncc1. The number of carbonyl (C=O) groups excluding carboxylic acids is 2. The van der Waals surface area contributed by atoms with Crippen LogP contribution < -0.4 is 0 Å². The third kappa shape index (κ3) is 2.85. The molecule has 0 unspecified atom stereocenters. The van der Waals surface area contributed by atoms with Crippen molar-refractivity contribution in [1.29, 1.82) is 0 Å². The van der Waals surface area contributed by atoms with E-state index in [-0.39, 0.29) is 12.0 Å². The van der Waals surface area contributed by atoms with Gasteiger partial charge in [-0.1, -0.05) is 6.92 Å². The minimum Gasteiger partial charge on any atom is -0.265 e. The third-order valence-electron chi connectivity index (χ3n) is 1.41. The maximum absolute atomic E-state index is 11.1. The van der Waals surface area contributed by atoms with E-state index in [1.165, 1.54) is 24.5 Å². The van der Waals surface area contributed by atoms with E-state index in [1.54, 1.807) is 6.92 Å². The van der Waals surface area contributed by atoms with Crippen molar-refractivity contribution >= 4 is 11.9 Å². The maximum atomic E-state index is 11.1. The van der Waals surface area contributed by atoms with E-state index in [1.807, 2.05) is 0 Å². The molecule has 0 atom stereocenters. The summed E-state index contributed by atoms with van der Waals surface area (Å²) in [7, 11) is 0. The van der Waals surface area contributed by atoms with Crippen LogP contribution in [0.1, 0.15) is 23.7 Å². The quantitative estimate of drug-likeness (QED) is 0.522. The second-order valence-corrected chi connectivity index (χ2v) is 2.42. The van der Waals surface area contributed by atoms with E-state index in [2.05, 4.69) is 14.8 Å². The predicted octanol–water partition coefficient (Wildman–Crippen LogP) is 1.11. The summed E-state index contributed by atoms with van der Waals surface area (Å²) in [6, 6.07) is 2.92. The highest BCUT2D eigenvalue weighted by Crippen LogP contribution is 2.00. The average Bonchev–Trinajstić information content (AvgIpc) is 2.26. The summed E-state index contributed by atoms with van der Waals surface area (Å²) >= 11 is 0. The highest BCUT2D eigenvalue weighted by Gasteiger charge is 2.09. The summed E-state index contributed by atoms with van der Waals surface area (Å²) in [6.45, 7) is 1.60.